The van der Waals surface area contributed by atoms with E-state index in [-0.39, 0.29) is 0 Å². The first-order valence-corrected chi connectivity index (χ1v) is 5.52. The van der Waals surface area contributed by atoms with Crippen LogP contribution >= 0.6 is 0 Å². The number of rotatable bonds is 2. The molecule has 0 aliphatic carbocycles. The summed E-state index contributed by atoms with van der Waals surface area (Å²) >= 11 is 0. The Balaban J connectivity index is 2.49. The van der Waals surface area contributed by atoms with Gasteiger partial charge >= 0.3 is 0 Å². The van der Waals surface area contributed by atoms with Crippen LogP contribution in [0.25, 0.3) is 0 Å². The van der Waals surface area contributed by atoms with Crippen molar-refractivity contribution in [2.45, 2.75) is 39.8 Å². The summed E-state index contributed by atoms with van der Waals surface area (Å²) in [6.45, 7) is 11.9. The Labute approximate surface area is 88.1 Å². The lowest BCUT2D eigenvalue weighted by Gasteiger charge is -2.39. The summed E-state index contributed by atoms with van der Waals surface area (Å²) < 4.78 is 0. The van der Waals surface area contributed by atoms with Gasteiger partial charge in [-0.05, 0) is 19.8 Å². The topological polar surface area (TPSA) is 15.3 Å². The molecule has 14 heavy (non-hydrogen) atoms. The van der Waals surface area contributed by atoms with Crippen LogP contribution in [0.3, 0.4) is 0 Å². The minimum absolute atomic E-state index is 0.617. The van der Waals surface area contributed by atoms with E-state index in [9.17, 15) is 0 Å². The largest absolute Gasteiger partial charge is 0.311 e. The van der Waals surface area contributed by atoms with E-state index in [0.717, 1.165) is 19.6 Å². The average molecular weight is 194 g/mol. The summed E-state index contributed by atoms with van der Waals surface area (Å²) in [4.78, 5) is 2.47. The van der Waals surface area contributed by atoms with Crippen LogP contribution in [0.15, 0.2) is 0 Å². The fourth-order valence-corrected chi connectivity index (χ4v) is 1.80. The minimum atomic E-state index is 0.617. The van der Waals surface area contributed by atoms with Crippen molar-refractivity contribution in [1.82, 2.24) is 10.2 Å². The number of nitrogens with one attached hydrogen (secondary N) is 1. The molecular formula is C12H22N2. The second kappa shape index (κ2) is 5.38. The Morgan fingerprint density at radius 3 is 2.79 bits per heavy atom. The lowest BCUT2D eigenvalue weighted by Crippen LogP contribution is -2.57. The van der Waals surface area contributed by atoms with Gasteiger partial charge in [0.05, 0.1) is 6.54 Å². The van der Waals surface area contributed by atoms with Crippen LogP contribution < -0.4 is 5.32 Å². The molecule has 0 bridgehead atoms. The number of piperazine rings is 1. The van der Waals surface area contributed by atoms with Crippen LogP contribution in [0.1, 0.15) is 27.7 Å². The van der Waals surface area contributed by atoms with Crippen molar-refractivity contribution >= 4 is 0 Å². The summed E-state index contributed by atoms with van der Waals surface area (Å²) in [5, 5.41) is 3.58. The highest BCUT2D eigenvalue weighted by atomic mass is 15.2. The normalized spacial score (nSPS) is 28.6. The average Bonchev–Trinajstić information content (AvgIpc) is 2.16. The molecule has 0 aromatic rings. The van der Waals surface area contributed by atoms with Crippen molar-refractivity contribution in [2.75, 3.05) is 19.6 Å². The summed E-state index contributed by atoms with van der Waals surface area (Å²) in [7, 11) is 0. The van der Waals surface area contributed by atoms with Gasteiger partial charge < -0.3 is 5.32 Å². The van der Waals surface area contributed by atoms with Gasteiger partial charge in [-0.25, -0.2) is 0 Å². The molecule has 0 aromatic heterocycles. The van der Waals surface area contributed by atoms with Gasteiger partial charge in [0.2, 0.25) is 0 Å². The van der Waals surface area contributed by atoms with Crippen molar-refractivity contribution < 1.29 is 0 Å². The lowest BCUT2D eigenvalue weighted by molar-refractivity contribution is 0.139. The smallest absolute Gasteiger partial charge is 0.0604 e. The predicted octanol–water partition coefficient (Wildman–Crippen LogP) is 1.33. The molecule has 1 fully saturated rings. The van der Waals surface area contributed by atoms with E-state index in [2.05, 4.69) is 42.8 Å². The minimum Gasteiger partial charge on any atom is -0.311 e. The summed E-state index contributed by atoms with van der Waals surface area (Å²) in [6.07, 6.45) is 0. The van der Waals surface area contributed by atoms with E-state index in [1.54, 1.807) is 0 Å². The predicted molar refractivity (Wildman–Crippen MR) is 61.1 cm³/mol. The van der Waals surface area contributed by atoms with E-state index in [0.29, 0.717) is 18.0 Å². The van der Waals surface area contributed by atoms with Crippen LogP contribution in [-0.2, 0) is 0 Å². The molecule has 1 rings (SSSR count). The van der Waals surface area contributed by atoms with Gasteiger partial charge in [-0.15, -0.1) is 5.92 Å². The third-order valence-electron chi connectivity index (χ3n) is 2.99. The zero-order chi connectivity index (χ0) is 10.6. The quantitative estimate of drug-likeness (QED) is 0.667. The molecule has 0 radical (unpaired) electrons. The lowest BCUT2D eigenvalue weighted by atomic mass is 10.00. The van der Waals surface area contributed by atoms with Crippen molar-refractivity contribution in [3.63, 3.8) is 0 Å². The van der Waals surface area contributed by atoms with E-state index >= 15 is 0 Å². The molecule has 2 atom stereocenters. The van der Waals surface area contributed by atoms with Gasteiger partial charge in [0.25, 0.3) is 0 Å². The maximum Gasteiger partial charge on any atom is 0.0604 e. The maximum atomic E-state index is 3.58. The van der Waals surface area contributed by atoms with Crippen LogP contribution in [-0.4, -0.2) is 36.6 Å². The molecule has 1 N–H and O–H groups in total. The Bertz CT molecular complexity index is 224. The SMILES string of the molecule is CC#CCN1CC(C(C)C)NCC1C. The highest BCUT2D eigenvalue weighted by Crippen LogP contribution is 2.11. The first kappa shape index (κ1) is 11.6. The first-order valence-electron chi connectivity index (χ1n) is 5.52. The van der Waals surface area contributed by atoms with Crippen LogP contribution in [0.5, 0.6) is 0 Å². The van der Waals surface area contributed by atoms with E-state index < -0.39 is 0 Å². The van der Waals surface area contributed by atoms with Crippen molar-refractivity contribution in [3.05, 3.63) is 0 Å². The van der Waals surface area contributed by atoms with Gasteiger partial charge in [-0.1, -0.05) is 19.8 Å². The highest BCUT2D eigenvalue weighted by Gasteiger charge is 2.25. The molecular weight excluding hydrogens is 172 g/mol. The summed E-state index contributed by atoms with van der Waals surface area (Å²) in [5.74, 6) is 6.83. The third kappa shape index (κ3) is 3.01. The van der Waals surface area contributed by atoms with Crippen molar-refractivity contribution in [1.29, 1.82) is 0 Å². The van der Waals surface area contributed by atoms with Gasteiger partial charge in [-0.2, -0.15) is 0 Å². The Kier molecular flexibility index (Phi) is 4.44. The second-order valence-corrected chi connectivity index (χ2v) is 4.46. The molecule has 0 aromatic carbocycles. The number of nitrogens with zero attached hydrogens (tertiary/aromatic N) is 1. The van der Waals surface area contributed by atoms with E-state index in [1.165, 1.54) is 0 Å². The molecule has 2 heteroatoms. The Morgan fingerprint density at radius 2 is 2.21 bits per heavy atom. The molecule has 1 aliphatic rings. The molecule has 0 spiro atoms. The van der Waals surface area contributed by atoms with Gasteiger partial charge in [-0.3, -0.25) is 4.90 Å². The Morgan fingerprint density at radius 1 is 1.50 bits per heavy atom. The number of hydrogen-bond acceptors (Lipinski definition) is 2. The summed E-state index contributed by atoms with van der Waals surface area (Å²) in [6, 6.07) is 1.25. The van der Waals surface area contributed by atoms with Crippen LogP contribution in [0.4, 0.5) is 0 Å². The Hall–Kier alpha value is -0.520. The molecule has 2 nitrogen and oxygen atoms in total. The van der Waals surface area contributed by atoms with Crippen molar-refractivity contribution in [2.24, 2.45) is 5.92 Å². The highest BCUT2D eigenvalue weighted by molar-refractivity contribution is 5.00. The monoisotopic (exact) mass is 194 g/mol. The third-order valence-corrected chi connectivity index (χ3v) is 2.99. The summed E-state index contributed by atoms with van der Waals surface area (Å²) in [5.41, 5.74) is 0. The zero-order valence-electron chi connectivity index (χ0n) is 9.80. The van der Waals surface area contributed by atoms with Gasteiger partial charge in [0, 0.05) is 25.2 Å². The first-order chi connectivity index (χ1) is 6.65. The van der Waals surface area contributed by atoms with Gasteiger partial charge in [0.15, 0.2) is 0 Å². The molecule has 0 amide bonds. The molecule has 0 saturated carbocycles. The molecule has 1 aliphatic heterocycles. The molecule has 80 valence electrons. The maximum absolute atomic E-state index is 3.58. The standard InChI is InChI=1S/C12H22N2/c1-5-6-7-14-9-12(10(2)3)13-8-11(14)4/h10-13H,7-9H2,1-4H3. The molecule has 1 saturated heterocycles. The van der Waals surface area contributed by atoms with Gasteiger partial charge in [0.1, 0.15) is 0 Å². The fraction of sp³-hybridized carbons (Fsp3) is 0.833. The number of hydrogen-bond donors (Lipinski definition) is 1. The second-order valence-electron chi connectivity index (χ2n) is 4.46. The van der Waals surface area contributed by atoms with E-state index in [1.807, 2.05) is 6.92 Å². The fourth-order valence-electron chi connectivity index (χ4n) is 1.80. The van der Waals surface area contributed by atoms with E-state index in [4.69, 9.17) is 0 Å². The molecule has 1 heterocycles. The molecule has 2 unspecified atom stereocenters. The van der Waals surface area contributed by atoms with Crippen LogP contribution in [0, 0.1) is 17.8 Å². The zero-order valence-corrected chi connectivity index (χ0v) is 9.80. The van der Waals surface area contributed by atoms with Crippen LogP contribution in [0.2, 0.25) is 0 Å². The van der Waals surface area contributed by atoms with Crippen molar-refractivity contribution in [3.8, 4) is 11.8 Å².